The fourth-order valence-corrected chi connectivity index (χ4v) is 0.691. The predicted molar refractivity (Wildman–Crippen MR) is 39.2 cm³/mol. The van der Waals surface area contributed by atoms with Gasteiger partial charge in [0.1, 0.15) is 0 Å². The summed E-state index contributed by atoms with van der Waals surface area (Å²) in [7, 11) is 0. The van der Waals surface area contributed by atoms with Gasteiger partial charge in [-0.05, 0) is 18.1 Å². The number of benzene rings is 1. The lowest BCUT2D eigenvalue weighted by atomic mass is 10.1. The van der Waals surface area contributed by atoms with E-state index < -0.39 is 0 Å². The van der Waals surface area contributed by atoms with E-state index in [4.69, 9.17) is 12.1 Å². The van der Waals surface area contributed by atoms with Crippen LogP contribution in [0.15, 0.2) is 29.4 Å². The molecule has 0 spiro atoms. The van der Waals surface area contributed by atoms with Crippen LogP contribution in [-0.4, -0.2) is 11.4 Å². The van der Waals surface area contributed by atoms with Crippen molar-refractivity contribution < 1.29 is 5.21 Å². The Kier molecular flexibility index (Phi) is 2.05. The van der Waals surface area contributed by atoms with Crippen molar-refractivity contribution in [3.63, 3.8) is 0 Å². The summed E-state index contributed by atoms with van der Waals surface area (Å²) < 4.78 is 0. The highest BCUT2D eigenvalue weighted by Crippen LogP contribution is 2.02. The molecule has 0 saturated heterocycles. The summed E-state index contributed by atoms with van der Waals surface area (Å²) in [5.41, 5.74) is 1.34. The van der Waals surface area contributed by atoms with Gasteiger partial charge in [0.2, 0.25) is 0 Å². The number of nitrogens with zero attached hydrogens (tertiary/aromatic N) is 1. The highest BCUT2D eigenvalue weighted by Gasteiger charge is 1.90. The van der Waals surface area contributed by atoms with E-state index in [1.165, 1.54) is 6.21 Å². The van der Waals surface area contributed by atoms with E-state index in [1.807, 2.05) is 12.1 Å². The van der Waals surface area contributed by atoms with E-state index in [1.54, 1.807) is 12.1 Å². The Morgan fingerprint density at radius 2 is 2.10 bits per heavy atom. The second-order valence-electron chi connectivity index (χ2n) is 1.87. The molecule has 0 atom stereocenters. The molecule has 0 fully saturated rings. The first-order valence-corrected chi connectivity index (χ1v) is 2.86. The van der Waals surface area contributed by atoms with E-state index in [0.29, 0.717) is 5.56 Å². The standard InChI is InChI=1S/C8H7NO/c1-7-4-2-3-5-8(7)6-9-10/h1-6,10H/b9-6+. The number of hydrogen-bond acceptors (Lipinski definition) is 2. The molecule has 0 aliphatic heterocycles. The molecular weight excluding hydrogens is 126 g/mol. The first-order valence-electron chi connectivity index (χ1n) is 2.86. The van der Waals surface area contributed by atoms with Crippen molar-refractivity contribution in [3.8, 4) is 0 Å². The van der Waals surface area contributed by atoms with Crippen LogP contribution in [0.5, 0.6) is 0 Å². The lowest BCUT2D eigenvalue weighted by Gasteiger charge is -1.94. The van der Waals surface area contributed by atoms with Crippen LogP contribution in [0.4, 0.5) is 0 Å². The molecule has 10 heavy (non-hydrogen) atoms. The molecule has 0 aliphatic rings. The van der Waals surface area contributed by atoms with Gasteiger partial charge in [0.25, 0.3) is 0 Å². The Labute approximate surface area is 59.8 Å². The van der Waals surface area contributed by atoms with Crippen molar-refractivity contribution in [2.45, 2.75) is 0 Å². The molecule has 0 bridgehead atoms. The number of rotatable bonds is 1. The van der Waals surface area contributed by atoms with Crippen LogP contribution in [0.2, 0.25) is 0 Å². The van der Waals surface area contributed by atoms with Crippen LogP contribution in [-0.2, 0) is 0 Å². The first kappa shape index (κ1) is 6.81. The molecule has 2 nitrogen and oxygen atoms in total. The van der Waals surface area contributed by atoms with Crippen LogP contribution in [0, 0.1) is 6.92 Å². The number of hydrogen-bond donors (Lipinski definition) is 1. The maximum Gasteiger partial charge on any atom is 0.0736 e. The SMILES string of the molecule is [CH]c1ccccc1/C=N/O. The van der Waals surface area contributed by atoms with Gasteiger partial charge in [0.15, 0.2) is 0 Å². The van der Waals surface area contributed by atoms with E-state index in [9.17, 15) is 0 Å². The average Bonchev–Trinajstić information content (AvgIpc) is 1.94. The largest absolute Gasteiger partial charge is 0.411 e. The summed E-state index contributed by atoms with van der Waals surface area (Å²) >= 11 is 0. The van der Waals surface area contributed by atoms with Gasteiger partial charge < -0.3 is 5.21 Å². The van der Waals surface area contributed by atoms with E-state index in [-0.39, 0.29) is 0 Å². The zero-order chi connectivity index (χ0) is 7.40. The van der Waals surface area contributed by atoms with Gasteiger partial charge in [-0.25, -0.2) is 0 Å². The maximum absolute atomic E-state index is 8.16. The molecule has 0 aliphatic carbocycles. The average molecular weight is 133 g/mol. The van der Waals surface area contributed by atoms with Crippen LogP contribution in [0.3, 0.4) is 0 Å². The lowest BCUT2D eigenvalue weighted by Crippen LogP contribution is -1.84. The summed E-state index contributed by atoms with van der Waals surface area (Å²) in [6, 6.07) is 7.17. The molecule has 50 valence electrons. The molecular formula is C8H7NO. The van der Waals surface area contributed by atoms with Gasteiger partial charge in [0.05, 0.1) is 6.21 Å². The monoisotopic (exact) mass is 133 g/mol. The summed E-state index contributed by atoms with van der Waals surface area (Å²) in [5.74, 6) is 0. The molecule has 0 unspecified atom stereocenters. The van der Waals surface area contributed by atoms with Gasteiger partial charge in [0, 0.05) is 0 Å². The van der Waals surface area contributed by atoms with Crippen LogP contribution < -0.4 is 0 Å². The van der Waals surface area contributed by atoms with Gasteiger partial charge in [-0.15, -0.1) is 0 Å². The molecule has 1 N–H and O–H groups in total. The molecule has 2 radical (unpaired) electrons. The minimum absolute atomic E-state index is 0.611. The summed E-state index contributed by atoms with van der Waals surface area (Å²) in [6.45, 7) is 5.50. The third kappa shape index (κ3) is 1.35. The molecule has 0 heterocycles. The summed E-state index contributed by atoms with van der Waals surface area (Å²) in [5, 5.41) is 11.0. The van der Waals surface area contributed by atoms with Gasteiger partial charge in [-0.2, -0.15) is 0 Å². The molecule has 0 aromatic heterocycles. The quantitative estimate of drug-likeness (QED) is 0.352. The molecule has 0 amide bonds. The normalized spacial score (nSPS) is 10.5. The highest BCUT2D eigenvalue weighted by atomic mass is 16.4. The van der Waals surface area contributed by atoms with Gasteiger partial charge in [-0.3, -0.25) is 0 Å². The maximum atomic E-state index is 8.16. The van der Waals surface area contributed by atoms with Crippen molar-refractivity contribution in [2.75, 3.05) is 0 Å². The zero-order valence-corrected chi connectivity index (χ0v) is 5.36. The first-order chi connectivity index (χ1) is 4.84. The van der Waals surface area contributed by atoms with E-state index >= 15 is 0 Å². The molecule has 1 aromatic carbocycles. The second-order valence-corrected chi connectivity index (χ2v) is 1.87. The molecule has 1 rings (SSSR count). The van der Waals surface area contributed by atoms with Crippen molar-refractivity contribution >= 4 is 6.21 Å². The van der Waals surface area contributed by atoms with Crippen molar-refractivity contribution in [2.24, 2.45) is 5.16 Å². The van der Waals surface area contributed by atoms with Gasteiger partial charge >= 0.3 is 0 Å². The summed E-state index contributed by atoms with van der Waals surface area (Å²) in [6.07, 6.45) is 1.30. The second kappa shape index (κ2) is 3.01. The highest BCUT2D eigenvalue weighted by molar-refractivity contribution is 5.81. The lowest BCUT2D eigenvalue weighted by molar-refractivity contribution is 0.322. The molecule has 1 aromatic rings. The smallest absolute Gasteiger partial charge is 0.0736 e. The Morgan fingerprint density at radius 3 is 2.70 bits per heavy atom. The van der Waals surface area contributed by atoms with Crippen LogP contribution in [0.1, 0.15) is 11.1 Å². The number of oxime groups is 1. The minimum Gasteiger partial charge on any atom is -0.411 e. The molecule has 2 heteroatoms. The fraction of sp³-hybridized carbons (Fsp3) is 0. The Bertz CT molecular complexity index is 243. The third-order valence-corrected chi connectivity index (χ3v) is 1.19. The topological polar surface area (TPSA) is 32.6 Å². The predicted octanol–water partition coefficient (Wildman–Crippen LogP) is 1.55. The van der Waals surface area contributed by atoms with Gasteiger partial charge in [-0.1, -0.05) is 29.4 Å². The van der Waals surface area contributed by atoms with Crippen LogP contribution in [0.25, 0.3) is 0 Å². The van der Waals surface area contributed by atoms with Crippen molar-refractivity contribution in [3.05, 3.63) is 42.3 Å². The Hall–Kier alpha value is -1.31. The fourth-order valence-electron chi connectivity index (χ4n) is 0.691. The third-order valence-electron chi connectivity index (χ3n) is 1.19. The van der Waals surface area contributed by atoms with Crippen molar-refractivity contribution in [1.82, 2.24) is 0 Å². The Morgan fingerprint density at radius 1 is 1.40 bits per heavy atom. The minimum atomic E-state index is 0.611. The van der Waals surface area contributed by atoms with E-state index in [2.05, 4.69) is 5.16 Å². The van der Waals surface area contributed by atoms with E-state index in [0.717, 1.165) is 5.56 Å². The molecule has 0 saturated carbocycles. The van der Waals surface area contributed by atoms with Crippen molar-refractivity contribution in [1.29, 1.82) is 0 Å². The summed E-state index contributed by atoms with van der Waals surface area (Å²) in [4.78, 5) is 0. The van der Waals surface area contributed by atoms with Crippen LogP contribution >= 0.6 is 0 Å². The Balaban J connectivity index is 3.03. The zero-order valence-electron chi connectivity index (χ0n) is 5.36.